The van der Waals surface area contributed by atoms with Crippen LogP contribution in [0.15, 0.2) is 57.7 Å². The van der Waals surface area contributed by atoms with Crippen LogP contribution in [-0.2, 0) is 17.6 Å². The van der Waals surface area contributed by atoms with Crippen LogP contribution in [0.1, 0.15) is 18.1 Å². The molecule has 0 atom stereocenters. The Bertz CT molecular complexity index is 796. The van der Waals surface area contributed by atoms with Gasteiger partial charge >= 0.3 is 0 Å². The highest BCUT2D eigenvalue weighted by Crippen LogP contribution is 2.23. The summed E-state index contributed by atoms with van der Waals surface area (Å²) in [7, 11) is 0. The maximum atomic E-state index is 13.7. The van der Waals surface area contributed by atoms with Gasteiger partial charge in [-0.05, 0) is 24.3 Å². The first kappa shape index (κ1) is 16.0. The van der Waals surface area contributed by atoms with Crippen LogP contribution in [0.3, 0.4) is 0 Å². The summed E-state index contributed by atoms with van der Waals surface area (Å²) >= 11 is 0. The molecule has 24 heavy (non-hydrogen) atoms. The SMILES string of the molecule is O=C(CCc1ncc(-c2ccccc2F)o1)NCCc1ccco1. The molecule has 0 aliphatic carbocycles. The first-order valence-electron chi connectivity index (χ1n) is 7.71. The van der Waals surface area contributed by atoms with Gasteiger partial charge in [0.15, 0.2) is 11.7 Å². The normalized spacial score (nSPS) is 10.7. The van der Waals surface area contributed by atoms with Crippen molar-refractivity contribution in [2.75, 3.05) is 6.54 Å². The first-order chi connectivity index (χ1) is 11.7. The Morgan fingerprint density at radius 1 is 1.17 bits per heavy atom. The molecule has 1 amide bonds. The summed E-state index contributed by atoms with van der Waals surface area (Å²) in [6.45, 7) is 0.512. The molecule has 2 heterocycles. The number of furan rings is 1. The van der Waals surface area contributed by atoms with Crippen molar-refractivity contribution in [1.29, 1.82) is 0 Å². The van der Waals surface area contributed by atoms with Crippen molar-refractivity contribution < 1.29 is 18.0 Å². The van der Waals surface area contributed by atoms with E-state index in [2.05, 4.69) is 10.3 Å². The number of hydrogen-bond acceptors (Lipinski definition) is 4. The molecule has 0 saturated carbocycles. The minimum absolute atomic E-state index is 0.0906. The topological polar surface area (TPSA) is 68.3 Å². The van der Waals surface area contributed by atoms with E-state index in [-0.39, 0.29) is 18.1 Å². The average molecular weight is 328 g/mol. The van der Waals surface area contributed by atoms with Crippen LogP contribution < -0.4 is 5.32 Å². The molecule has 0 aliphatic rings. The predicted molar refractivity (Wildman–Crippen MR) is 85.6 cm³/mol. The molecule has 3 aromatic rings. The highest BCUT2D eigenvalue weighted by molar-refractivity contribution is 5.76. The van der Waals surface area contributed by atoms with E-state index in [0.29, 0.717) is 36.6 Å². The van der Waals surface area contributed by atoms with Crippen LogP contribution in [0.4, 0.5) is 4.39 Å². The molecule has 6 heteroatoms. The van der Waals surface area contributed by atoms with Crippen LogP contribution in [0.2, 0.25) is 0 Å². The lowest BCUT2D eigenvalue weighted by Gasteiger charge is -2.02. The number of aryl methyl sites for hydroxylation is 1. The Morgan fingerprint density at radius 3 is 2.83 bits per heavy atom. The third kappa shape index (κ3) is 4.10. The number of amides is 1. The maximum absolute atomic E-state index is 13.7. The van der Waals surface area contributed by atoms with E-state index in [4.69, 9.17) is 8.83 Å². The highest BCUT2D eigenvalue weighted by Gasteiger charge is 2.11. The fourth-order valence-electron chi connectivity index (χ4n) is 2.30. The van der Waals surface area contributed by atoms with Gasteiger partial charge in [-0.2, -0.15) is 0 Å². The highest BCUT2D eigenvalue weighted by atomic mass is 19.1. The van der Waals surface area contributed by atoms with Crippen LogP contribution in [0.25, 0.3) is 11.3 Å². The lowest BCUT2D eigenvalue weighted by molar-refractivity contribution is -0.121. The number of carbonyl (C=O) groups excluding carboxylic acids is 1. The molecule has 2 aromatic heterocycles. The second-order valence-electron chi connectivity index (χ2n) is 5.28. The predicted octanol–water partition coefficient (Wildman–Crippen LogP) is 3.37. The van der Waals surface area contributed by atoms with Crippen molar-refractivity contribution in [2.24, 2.45) is 0 Å². The number of nitrogens with zero attached hydrogens (tertiary/aromatic N) is 1. The molecule has 0 aliphatic heterocycles. The summed E-state index contributed by atoms with van der Waals surface area (Å²) in [5.74, 6) is 1.15. The quantitative estimate of drug-likeness (QED) is 0.722. The van der Waals surface area contributed by atoms with Gasteiger partial charge in [0.2, 0.25) is 5.91 Å². The fourth-order valence-corrected chi connectivity index (χ4v) is 2.30. The van der Waals surface area contributed by atoms with E-state index in [9.17, 15) is 9.18 Å². The molecule has 5 nitrogen and oxygen atoms in total. The Balaban J connectivity index is 1.47. The molecule has 0 bridgehead atoms. The van der Waals surface area contributed by atoms with Gasteiger partial charge in [-0.1, -0.05) is 12.1 Å². The monoisotopic (exact) mass is 328 g/mol. The van der Waals surface area contributed by atoms with E-state index in [1.54, 1.807) is 24.5 Å². The Kier molecular flexibility index (Phi) is 5.05. The zero-order chi connectivity index (χ0) is 16.8. The van der Waals surface area contributed by atoms with Gasteiger partial charge in [-0.25, -0.2) is 9.37 Å². The van der Waals surface area contributed by atoms with Gasteiger partial charge in [0.25, 0.3) is 0 Å². The molecule has 0 saturated heterocycles. The summed E-state index contributed by atoms with van der Waals surface area (Å²) in [5, 5.41) is 2.81. The Labute approximate surface area is 138 Å². The Morgan fingerprint density at radius 2 is 2.04 bits per heavy atom. The number of hydrogen-bond donors (Lipinski definition) is 1. The number of nitrogens with one attached hydrogen (secondary N) is 1. The molecule has 0 unspecified atom stereocenters. The van der Waals surface area contributed by atoms with Crippen molar-refractivity contribution in [3.05, 3.63) is 66.3 Å². The average Bonchev–Trinajstić information content (AvgIpc) is 3.25. The van der Waals surface area contributed by atoms with Crippen molar-refractivity contribution in [3.8, 4) is 11.3 Å². The van der Waals surface area contributed by atoms with Gasteiger partial charge in [-0.3, -0.25) is 4.79 Å². The minimum Gasteiger partial charge on any atom is -0.469 e. The maximum Gasteiger partial charge on any atom is 0.220 e. The minimum atomic E-state index is -0.365. The molecule has 0 fully saturated rings. The van der Waals surface area contributed by atoms with Crippen LogP contribution in [0.5, 0.6) is 0 Å². The van der Waals surface area contributed by atoms with Crippen molar-refractivity contribution >= 4 is 5.91 Å². The molecule has 1 N–H and O–H groups in total. The van der Waals surface area contributed by atoms with E-state index in [1.165, 1.54) is 12.3 Å². The largest absolute Gasteiger partial charge is 0.469 e. The number of benzene rings is 1. The van der Waals surface area contributed by atoms with Crippen LogP contribution >= 0.6 is 0 Å². The first-order valence-corrected chi connectivity index (χ1v) is 7.71. The smallest absolute Gasteiger partial charge is 0.220 e. The summed E-state index contributed by atoms with van der Waals surface area (Å²) in [6, 6.07) is 10.0. The fraction of sp³-hybridized carbons (Fsp3) is 0.222. The molecular formula is C18H17FN2O3. The third-order valence-corrected chi connectivity index (χ3v) is 3.53. The Hall–Kier alpha value is -2.89. The number of aromatic nitrogens is 1. The summed E-state index contributed by atoms with van der Waals surface area (Å²) in [6.07, 6.45) is 4.35. The van der Waals surface area contributed by atoms with Gasteiger partial charge in [0, 0.05) is 25.8 Å². The second kappa shape index (κ2) is 7.59. The molecular weight excluding hydrogens is 311 g/mol. The lowest BCUT2D eigenvalue weighted by Crippen LogP contribution is -2.25. The molecule has 1 aromatic carbocycles. The van der Waals surface area contributed by atoms with Gasteiger partial charge < -0.3 is 14.2 Å². The van der Waals surface area contributed by atoms with E-state index in [1.807, 2.05) is 12.1 Å². The molecule has 0 spiro atoms. The van der Waals surface area contributed by atoms with Crippen molar-refractivity contribution in [3.63, 3.8) is 0 Å². The number of halogens is 1. The number of oxazole rings is 1. The van der Waals surface area contributed by atoms with Gasteiger partial charge in [0.1, 0.15) is 11.6 Å². The molecule has 124 valence electrons. The number of carbonyl (C=O) groups is 1. The third-order valence-electron chi connectivity index (χ3n) is 3.53. The second-order valence-corrected chi connectivity index (χ2v) is 5.28. The van der Waals surface area contributed by atoms with Gasteiger partial charge in [-0.15, -0.1) is 0 Å². The number of rotatable bonds is 7. The molecule has 3 rings (SSSR count). The van der Waals surface area contributed by atoms with Crippen molar-refractivity contribution in [1.82, 2.24) is 10.3 Å². The van der Waals surface area contributed by atoms with Gasteiger partial charge in [0.05, 0.1) is 18.0 Å². The van der Waals surface area contributed by atoms with Crippen LogP contribution in [0, 0.1) is 5.82 Å². The van der Waals surface area contributed by atoms with E-state index in [0.717, 1.165) is 5.76 Å². The van der Waals surface area contributed by atoms with Crippen molar-refractivity contribution in [2.45, 2.75) is 19.3 Å². The summed E-state index contributed by atoms with van der Waals surface area (Å²) < 4.78 is 24.4. The standard InChI is InChI=1S/C18H17FN2O3/c19-15-6-2-1-5-14(15)16-12-21-18(24-16)8-7-17(22)20-10-9-13-4-3-11-23-13/h1-6,11-12H,7-10H2,(H,20,22). The zero-order valence-corrected chi connectivity index (χ0v) is 13.0. The summed E-state index contributed by atoms with van der Waals surface area (Å²) in [4.78, 5) is 15.9. The lowest BCUT2D eigenvalue weighted by atomic mass is 10.2. The summed E-state index contributed by atoms with van der Waals surface area (Å²) in [5.41, 5.74) is 0.360. The van der Waals surface area contributed by atoms with E-state index < -0.39 is 0 Å². The zero-order valence-electron chi connectivity index (χ0n) is 13.0. The molecule has 0 radical (unpaired) electrons. The van der Waals surface area contributed by atoms with Crippen LogP contribution in [-0.4, -0.2) is 17.4 Å². The van der Waals surface area contributed by atoms with E-state index >= 15 is 0 Å².